The number of hydrogen-bond acceptors (Lipinski definition) is 3. The second-order valence-electron chi connectivity index (χ2n) is 10.6. The van der Waals surface area contributed by atoms with Gasteiger partial charge >= 0.3 is 5.92 Å². The van der Waals surface area contributed by atoms with Crippen molar-refractivity contribution in [3.05, 3.63) is 77.9 Å². The Balaban J connectivity index is 1.87. The highest BCUT2D eigenvalue weighted by Gasteiger charge is 2.47. The quantitative estimate of drug-likeness (QED) is 0.276. The van der Waals surface area contributed by atoms with Gasteiger partial charge in [-0.3, -0.25) is 4.79 Å². The summed E-state index contributed by atoms with van der Waals surface area (Å²) in [5, 5.41) is -0.227. The number of alkyl halides is 2. The van der Waals surface area contributed by atoms with Crippen LogP contribution in [0.15, 0.2) is 66.7 Å². The Morgan fingerprint density at radius 3 is 2.29 bits per heavy atom. The summed E-state index contributed by atoms with van der Waals surface area (Å²) in [6.07, 6.45) is 2.79. The molecule has 3 rings (SSSR count). The lowest BCUT2D eigenvalue weighted by molar-refractivity contribution is -0.129. The van der Waals surface area contributed by atoms with Crippen molar-refractivity contribution in [2.75, 3.05) is 7.11 Å². The van der Waals surface area contributed by atoms with Crippen molar-refractivity contribution >= 4 is 14.2 Å². The third-order valence-corrected chi connectivity index (χ3v) is 11.6. The van der Waals surface area contributed by atoms with Crippen molar-refractivity contribution < 1.29 is 22.7 Å². The number of benzene rings is 2. The van der Waals surface area contributed by atoms with E-state index in [1.807, 2.05) is 58.1 Å². The van der Waals surface area contributed by atoms with Gasteiger partial charge in [0.05, 0.1) is 13.2 Å². The zero-order valence-corrected chi connectivity index (χ0v) is 22.6. The Morgan fingerprint density at radius 2 is 1.71 bits per heavy atom. The standard InChI is InChI=1S/C28H37F2NO3Si/c1-27(2,3)35(5,6)34-25(28(29,30)22-10-8-7-9-11-22)18-14-23-15-19-26(32)31(23)20-21-12-16-24(33-4)17-13-21/h7-14,16-18,23,25H,15,19-20H2,1-6H3/b18-14+/t23-,25-/m0/s1. The predicted octanol–water partition coefficient (Wildman–Crippen LogP) is 6.92. The average Bonchev–Trinajstić information content (AvgIpc) is 3.16. The molecule has 0 bridgehead atoms. The van der Waals surface area contributed by atoms with Crippen LogP contribution >= 0.6 is 0 Å². The van der Waals surface area contributed by atoms with E-state index in [1.54, 1.807) is 36.3 Å². The molecule has 1 aliphatic heterocycles. The van der Waals surface area contributed by atoms with Gasteiger partial charge in [-0.05, 0) is 42.2 Å². The number of carbonyl (C=O) groups excluding carboxylic acids is 1. The molecule has 2 aromatic carbocycles. The van der Waals surface area contributed by atoms with Crippen LogP contribution in [0.25, 0.3) is 0 Å². The third kappa shape index (κ3) is 6.38. The molecule has 0 N–H and O–H groups in total. The Bertz CT molecular complexity index is 1020. The first kappa shape index (κ1) is 27.1. The van der Waals surface area contributed by atoms with E-state index in [1.165, 1.54) is 18.2 Å². The lowest BCUT2D eigenvalue weighted by Crippen LogP contribution is -2.48. The van der Waals surface area contributed by atoms with Gasteiger partial charge in [0.15, 0.2) is 8.32 Å². The molecule has 1 saturated heterocycles. The Labute approximate surface area is 209 Å². The summed E-state index contributed by atoms with van der Waals surface area (Å²) in [7, 11) is -0.907. The van der Waals surface area contributed by atoms with Gasteiger partial charge in [0, 0.05) is 18.5 Å². The van der Waals surface area contributed by atoms with Crippen molar-refractivity contribution in [2.45, 2.75) is 76.4 Å². The molecule has 1 aliphatic rings. The van der Waals surface area contributed by atoms with E-state index in [0.717, 1.165) is 11.3 Å². The fraction of sp³-hybridized carbons (Fsp3) is 0.464. The van der Waals surface area contributed by atoms with Crippen molar-refractivity contribution in [3.8, 4) is 5.75 Å². The minimum Gasteiger partial charge on any atom is -0.497 e. The van der Waals surface area contributed by atoms with Crippen molar-refractivity contribution in [3.63, 3.8) is 0 Å². The first-order valence-corrected chi connectivity index (χ1v) is 15.0. The third-order valence-electron chi connectivity index (χ3n) is 7.14. The highest BCUT2D eigenvalue weighted by molar-refractivity contribution is 6.74. The van der Waals surface area contributed by atoms with Crippen molar-refractivity contribution in [1.29, 1.82) is 0 Å². The molecule has 0 radical (unpaired) electrons. The molecule has 0 saturated carbocycles. The van der Waals surface area contributed by atoms with Crippen LogP contribution in [0.4, 0.5) is 8.78 Å². The van der Waals surface area contributed by atoms with E-state index < -0.39 is 20.3 Å². The van der Waals surface area contributed by atoms with Gasteiger partial charge < -0.3 is 14.1 Å². The molecule has 1 fully saturated rings. The summed E-state index contributed by atoms with van der Waals surface area (Å²) in [6.45, 7) is 10.5. The molecule has 0 spiro atoms. The number of likely N-dealkylation sites (tertiary alicyclic amines) is 1. The molecule has 2 atom stereocenters. The number of hydrogen-bond donors (Lipinski definition) is 0. The number of amides is 1. The van der Waals surface area contributed by atoms with Crippen LogP contribution in [0, 0.1) is 0 Å². The smallest absolute Gasteiger partial charge is 0.301 e. The zero-order valence-electron chi connectivity index (χ0n) is 21.6. The summed E-state index contributed by atoms with van der Waals surface area (Å²) in [5.41, 5.74) is 0.883. The van der Waals surface area contributed by atoms with Crippen LogP contribution in [0.2, 0.25) is 18.1 Å². The number of methoxy groups -OCH3 is 1. The molecule has 0 aromatic heterocycles. The monoisotopic (exact) mass is 501 g/mol. The molecular weight excluding hydrogens is 464 g/mol. The van der Waals surface area contributed by atoms with Crippen LogP contribution < -0.4 is 4.74 Å². The van der Waals surface area contributed by atoms with Crippen LogP contribution in [0.1, 0.15) is 44.7 Å². The second-order valence-corrected chi connectivity index (χ2v) is 15.4. The summed E-state index contributed by atoms with van der Waals surface area (Å²) in [4.78, 5) is 14.4. The van der Waals surface area contributed by atoms with Gasteiger partial charge in [0.1, 0.15) is 11.9 Å². The van der Waals surface area contributed by atoms with E-state index >= 15 is 8.78 Å². The van der Waals surface area contributed by atoms with Crippen LogP contribution in [-0.2, 0) is 21.7 Å². The normalized spacial score (nSPS) is 18.3. The lowest BCUT2D eigenvalue weighted by atomic mass is 10.0. The lowest BCUT2D eigenvalue weighted by Gasteiger charge is -2.40. The SMILES string of the molecule is COc1ccc(CN2C(=O)CC[C@@H]2/C=C/[C@H](O[Si](C)(C)C(C)(C)C)C(F)(F)c2ccccc2)cc1. The van der Waals surface area contributed by atoms with Gasteiger partial charge in [0.2, 0.25) is 5.91 Å². The first-order chi connectivity index (χ1) is 16.3. The molecule has 1 heterocycles. The van der Waals surface area contributed by atoms with Crippen molar-refractivity contribution in [1.82, 2.24) is 4.90 Å². The Morgan fingerprint density at radius 1 is 1.09 bits per heavy atom. The minimum atomic E-state index is -3.21. The molecule has 4 nitrogen and oxygen atoms in total. The molecule has 0 aliphatic carbocycles. The number of carbonyl (C=O) groups is 1. The minimum absolute atomic E-state index is 0.0205. The van der Waals surface area contributed by atoms with Gasteiger partial charge in [-0.2, -0.15) is 8.78 Å². The van der Waals surface area contributed by atoms with E-state index in [9.17, 15) is 4.79 Å². The van der Waals surface area contributed by atoms with E-state index in [2.05, 4.69) is 0 Å². The van der Waals surface area contributed by atoms with Gasteiger partial charge in [-0.25, -0.2) is 0 Å². The van der Waals surface area contributed by atoms with Crippen LogP contribution in [-0.4, -0.2) is 38.4 Å². The predicted molar refractivity (Wildman–Crippen MR) is 138 cm³/mol. The topological polar surface area (TPSA) is 38.8 Å². The fourth-order valence-corrected chi connectivity index (χ4v) is 5.09. The number of ether oxygens (including phenoxy) is 1. The van der Waals surface area contributed by atoms with Crippen LogP contribution in [0.3, 0.4) is 0 Å². The number of rotatable bonds is 9. The maximum atomic E-state index is 15.8. The largest absolute Gasteiger partial charge is 0.497 e. The summed E-state index contributed by atoms with van der Waals surface area (Å²) in [5.74, 6) is -2.45. The summed E-state index contributed by atoms with van der Waals surface area (Å²) < 4.78 is 43.0. The van der Waals surface area contributed by atoms with Crippen LogP contribution in [0.5, 0.6) is 5.75 Å². The summed E-state index contributed by atoms with van der Waals surface area (Å²) >= 11 is 0. The zero-order chi connectivity index (χ0) is 25.9. The Kier molecular flexibility index (Phi) is 8.22. The molecular formula is C28H37F2NO3Si. The molecule has 0 unspecified atom stereocenters. The van der Waals surface area contributed by atoms with E-state index in [-0.39, 0.29) is 22.6 Å². The molecule has 190 valence electrons. The number of nitrogens with zero attached hydrogens (tertiary/aromatic N) is 1. The maximum Gasteiger partial charge on any atom is 0.301 e. The number of halogens is 2. The second kappa shape index (κ2) is 10.6. The van der Waals surface area contributed by atoms with Crippen molar-refractivity contribution in [2.24, 2.45) is 0 Å². The maximum absolute atomic E-state index is 15.8. The summed E-state index contributed by atoms with van der Waals surface area (Å²) in [6, 6.07) is 15.1. The van der Waals surface area contributed by atoms with E-state index in [4.69, 9.17) is 9.16 Å². The Hall–Kier alpha value is -2.51. The van der Waals surface area contributed by atoms with Gasteiger partial charge in [0.25, 0.3) is 0 Å². The van der Waals surface area contributed by atoms with Gasteiger partial charge in [-0.1, -0.05) is 75.4 Å². The molecule has 35 heavy (non-hydrogen) atoms. The fourth-order valence-electron chi connectivity index (χ4n) is 3.87. The van der Waals surface area contributed by atoms with Gasteiger partial charge in [-0.15, -0.1) is 0 Å². The average molecular weight is 502 g/mol. The molecule has 2 aromatic rings. The molecule has 1 amide bonds. The molecule has 7 heteroatoms. The van der Waals surface area contributed by atoms with E-state index in [0.29, 0.717) is 19.4 Å². The first-order valence-electron chi connectivity index (χ1n) is 12.1. The highest BCUT2D eigenvalue weighted by atomic mass is 28.4. The highest BCUT2D eigenvalue weighted by Crippen LogP contribution is 2.42.